The summed E-state index contributed by atoms with van der Waals surface area (Å²) in [6, 6.07) is 4.15. The topological polar surface area (TPSA) is 40.6 Å². The average Bonchev–Trinajstić information content (AvgIpc) is 2.67. The van der Waals surface area contributed by atoms with Gasteiger partial charge in [-0.3, -0.25) is 9.59 Å². The van der Waals surface area contributed by atoms with Crippen molar-refractivity contribution in [1.82, 2.24) is 9.80 Å². The Bertz CT molecular complexity index is 555. The van der Waals surface area contributed by atoms with E-state index in [1.165, 1.54) is 17.0 Å². The molecule has 4 nitrogen and oxygen atoms in total. The summed E-state index contributed by atoms with van der Waals surface area (Å²) in [5, 5.41) is 0. The first-order chi connectivity index (χ1) is 10.3. The van der Waals surface area contributed by atoms with Gasteiger partial charge >= 0.3 is 6.18 Å². The number of nitrogens with zero attached hydrogens (tertiary/aromatic N) is 2. The number of carbonyl (C=O) groups excluding carboxylic acids is 2. The van der Waals surface area contributed by atoms with Crippen LogP contribution in [0.25, 0.3) is 0 Å². The van der Waals surface area contributed by atoms with E-state index in [1.807, 2.05) is 6.92 Å². The Labute approximate surface area is 126 Å². The second-order valence-electron chi connectivity index (χ2n) is 5.09. The summed E-state index contributed by atoms with van der Waals surface area (Å²) in [6.45, 7) is 3.57. The first-order valence-electron chi connectivity index (χ1n) is 7.07. The van der Waals surface area contributed by atoms with Gasteiger partial charge in [0.15, 0.2) is 0 Å². The van der Waals surface area contributed by atoms with Crippen LogP contribution in [0.5, 0.6) is 0 Å². The normalized spacial score (nSPS) is 16.6. The third kappa shape index (κ3) is 3.58. The van der Waals surface area contributed by atoms with Crippen molar-refractivity contribution in [3.05, 3.63) is 35.4 Å². The van der Waals surface area contributed by atoms with E-state index in [1.54, 1.807) is 4.90 Å². The fraction of sp³-hybridized carbons (Fsp3) is 0.467. The molecule has 1 saturated heterocycles. The third-order valence-corrected chi connectivity index (χ3v) is 3.72. The molecule has 1 aromatic rings. The van der Waals surface area contributed by atoms with Gasteiger partial charge in [-0.1, -0.05) is 0 Å². The van der Waals surface area contributed by atoms with Gasteiger partial charge in [0.05, 0.1) is 5.56 Å². The molecule has 120 valence electrons. The van der Waals surface area contributed by atoms with Crippen LogP contribution in [-0.4, -0.2) is 47.8 Å². The summed E-state index contributed by atoms with van der Waals surface area (Å²) in [4.78, 5) is 27.3. The molecule has 22 heavy (non-hydrogen) atoms. The Hall–Kier alpha value is -2.05. The summed E-state index contributed by atoms with van der Waals surface area (Å²) in [7, 11) is 0. The highest BCUT2D eigenvalue weighted by Gasteiger charge is 2.30. The molecule has 0 unspecified atom stereocenters. The van der Waals surface area contributed by atoms with Gasteiger partial charge in [0.25, 0.3) is 5.91 Å². The highest BCUT2D eigenvalue weighted by molar-refractivity contribution is 5.94. The molecular weight excluding hydrogens is 297 g/mol. The highest BCUT2D eigenvalue weighted by atomic mass is 19.4. The Kier molecular flexibility index (Phi) is 4.73. The monoisotopic (exact) mass is 314 g/mol. The Morgan fingerprint density at radius 3 is 2.32 bits per heavy atom. The van der Waals surface area contributed by atoms with Gasteiger partial charge in [0.1, 0.15) is 0 Å². The molecule has 1 fully saturated rings. The van der Waals surface area contributed by atoms with Gasteiger partial charge in [-0.25, -0.2) is 0 Å². The van der Waals surface area contributed by atoms with Gasteiger partial charge in [-0.2, -0.15) is 13.2 Å². The van der Waals surface area contributed by atoms with Gasteiger partial charge in [-0.05, 0) is 31.2 Å². The van der Waals surface area contributed by atoms with Crippen LogP contribution < -0.4 is 0 Å². The van der Waals surface area contributed by atoms with E-state index in [0.717, 1.165) is 12.1 Å². The molecule has 1 aromatic carbocycles. The number of rotatable bonds is 2. The highest BCUT2D eigenvalue weighted by Crippen LogP contribution is 2.29. The number of carbonyl (C=O) groups is 2. The lowest BCUT2D eigenvalue weighted by molar-refractivity contribution is -0.137. The number of hydrogen-bond donors (Lipinski definition) is 0. The molecule has 7 heteroatoms. The molecule has 0 radical (unpaired) electrons. The summed E-state index contributed by atoms with van der Waals surface area (Å²) < 4.78 is 37.5. The van der Waals surface area contributed by atoms with Crippen molar-refractivity contribution in [3.8, 4) is 0 Å². The van der Waals surface area contributed by atoms with E-state index in [0.29, 0.717) is 19.6 Å². The van der Waals surface area contributed by atoms with Gasteiger partial charge < -0.3 is 9.80 Å². The molecule has 0 aliphatic carbocycles. The van der Waals surface area contributed by atoms with E-state index in [4.69, 9.17) is 0 Å². The average molecular weight is 314 g/mol. The minimum atomic E-state index is -4.42. The predicted molar refractivity (Wildman–Crippen MR) is 74.2 cm³/mol. The second-order valence-corrected chi connectivity index (χ2v) is 5.09. The van der Waals surface area contributed by atoms with Crippen LogP contribution in [-0.2, 0) is 11.0 Å². The van der Waals surface area contributed by atoms with E-state index in [-0.39, 0.29) is 30.3 Å². The van der Waals surface area contributed by atoms with Crippen LogP contribution in [0.4, 0.5) is 13.2 Å². The minimum Gasteiger partial charge on any atom is -0.341 e. The van der Waals surface area contributed by atoms with Crippen molar-refractivity contribution in [3.63, 3.8) is 0 Å². The molecule has 0 saturated carbocycles. The fourth-order valence-corrected chi connectivity index (χ4v) is 2.39. The first-order valence-corrected chi connectivity index (χ1v) is 7.07. The van der Waals surface area contributed by atoms with Crippen LogP contribution in [0.2, 0.25) is 0 Å². The lowest BCUT2D eigenvalue weighted by atomic mass is 10.1. The molecule has 1 aliphatic rings. The van der Waals surface area contributed by atoms with E-state index in [9.17, 15) is 22.8 Å². The minimum absolute atomic E-state index is 0.00906. The van der Waals surface area contributed by atoms with E-state index >= 15 is 0 Å². The molecular formula is C15H17F3N2O2. The Balaban J connectivity index is 2.09. The van der Waals surface area contributed by atoms with Crippen LogP contribution >= 0.6 is 0 Å². The summed E-state index contributed by atoms with van der Waals surface area (Å²) in [5.74, 6) is -0.357. The zero-order valence-electron chi connectivity index (χ0n) is 12.2. The molecule has 2 amide bonds. The number of amides is 2. The second kappa shape index (κ2) is 6.37. The largest absolute Gasteiger partial charge is 0.416 e. The smallest absolute Gasteiger partial charge is 0.341 e. The summed E-state index contributed by atoms with van der Waals surface area (Å²) in [5.41, 5.74) is -0.586. The Morgan fingerprint density at radius 1 is 1.14 bits per heavy atom. The maximum atomic E-state index is 12.5. The molecule has 0 aromatic heterocycles. The zero-order chi connectivity index (χ0) is 16.3. The first kappa shape index (κ1) is 16.3. The number of alkyl halides is 3. The molecule has 1 heterocycles. The molecule has 0 atom stereocenters. The Morgan fingerprint density at radius 2 is 1.77 bits per heavy atom. The van der Waals surface area contributed by atoms with E-state index < -0.39 is 11.7 Å². The summed E-state index contributed by atoms with van der Waals surface area (Å²) >= 11 is 0. The van der Waals surface area contributed by atoms with Gasteiger partial charge in [0, 0.05) is 38.2 Å². The standard InChI is InChI=1S/C15H17F3N2O2/c1-2-19-9-10-20(8-7-13(19)21)14(22)11-3-5-12(6-4-11)15(16,17)18/h3-6H,2,7-10H2,1H3. The van der Waals surface area contributed by atoms with E-state index in [2.05, 4.69) is 0 Å². The maximum absolute atomic E-state index is 12.5. The van der Waals surface area contributed by atoms with Crippen LogP contribution in [0.3, 0.4) is 0 Å². The SMILES string of the molecule is CCN1CCN(C(=O)c2ccc(C(F)(F)F)cc2)CCC1=O. The van der Waals surface area contributed by atoms with Crippen molar-refractivity contribution in [2.24, 2.45) is 0 Å². The lowest BCUT2D eigenvalue weighted by Gasteiger charge is -2.21. The predicted octanol–water partition coefficient (Wildman–Crippen LogP) is 2.40. The van der Waals surface area contributed by atoms with Crippen molar-refractivity contribution < 1.29 is 22.8 Å². The number of likely N-dealkylation sites (N-methyl/N-ethyl adjacent to an activating group) is 1. The van der Waals surface area contributed by atoms with Gasteiger partial charge in [0.2, 0.25) is 5.91 Å². The van der Waals surface area contributed by atoms with Crippen molar-refractivity contribution in [1.29, 1.82) is 0 Å². The van der Waals surface area contributed by atoms with Crippen molar-refractivity contribution in [2.75, 3.05) is 26.2 Å². The lowest BCUT2D eigenvalue weighted by Crippen LogP contribution is -2.35. The maximum Gasteiger partial charge on any atom is 0.416 e. The molecule has 0 spiro atoms. The molecule has 0 N–H and O–H groups in total. The van der Waals surface area contributed by atoms with Crippen molar-refractivity contribution >= 4 is 11.8 Å². The molecule has 2 rings (SSSR count). The molecule has 0 bridgehead atoms. The van der Waals surface area contributed by atoms with Crippen LogP contribution in [0.1, 0.15) is 29.3 Å². The molecule has 1 aliphatic heterocycles. The van der Waals surface area contributed by atoms with Gasteiger partial charge in [-0.15, -0.1) is 0 Å². The van der Waals surface area contributed by atoms with Crippen LogP contribution in [0, 0.1) is 0 Å². The third-order valence-electron chi connectivity index (χ3n) is 3.72. The van der Waals surface area contributed by atoms with Crippen molar-refractivity contribution in [2.45, 2.75) is 19.5 Å². The summed E-state index contributed by atoms with van der Waals surface area (Å²) in [6.07, 6.45) is -4.18. The quantitative estimate of drug-likeness (QED) is 0.841. The number of halogens is 3. The number of benzene rings is 1. The number of hydrogen-bond acceptors (Lipinski definition) is 2. The fourth-order valence-electron chi connectivity index (χ4n) is 2.39. The van der Waals surface area contributed by atoms with Crippen LogP contribution in [0.15, 0.2) is 24.3 Å². The zero-order valence-corrected chi connectivity index (χ0v) is 12.2.